The van der Waals surface area contributed by atoms with Crippen molar-refractivity contribution in [1.29, 1.82) is 0 Å². The Hall–Kier alpha value is -1.91. The van der Waals surface area contributed by atoms with Gasteiger partial charge in [-0.2, -0.15) is 0 Å². The summed E-state index contributed by atoms with van der Waals surface area (Å²) in [7, 11) is 0. The molecule has 0 aliphatic carbocycles. The number of carbonyl (C=O) groups is 2. The highest BCUT2D eigenvalue weighted by Crippen LogP contribution is 2.12. The topological polar surface area (TPSA) is 79.3 Å². The molecule has 1 aromatic heterocycles. The van der Waals surface area contributed by atoms with Gasteiger partial charge in [-0.1, -0.05) is 13.3 Å². The second kappa shape index (κ2) is 5.62. The molecule has 1 aromatic rings. The molecule has 0 atom stereocenters. The number of nitrogens with zero attached hydrogens (tertiary/aromatic N) is 1. The standard InChI is InChI=1S/C13H18N2O3/c1-4-7-13(2,3)15-11(16)9-5-6-10(12(17)18)14-8-9/h5-6,8H,4,7H2,1-3H3,(H,15,16)(H,17,18). The van der Waals surface area contributed by atoms with Crippen LogP contribution >= 0.6 is 0 Å². The van der Waals surface area contributed by atoms with E-state index in [-0.39, 0.29) is 17.1 Å². The van der Waals surface area contributed by atoms with E-state index in [1.165, 1.54) is 18.3 Å². The summed E-state index contributed by atoms with van der Waals surface area (Å²) < 4.78 is 0. The Morgan fingerprint density at radius 1 is 1.39 bits per heavy atom. The summed E-state index contributed by atoms with van der Waals surface area (Å²) in [4.78, 5) is 26.3. The normalized spacial score (nSPS) is 11.1. The number of amides is 1. The van der Waals surface area contributed by atoms with Crippen LogP contribution in [0.1, 0.15) is 54.5 Å². The van der Waals surface area contributed by atoms with Crippen LogP contribution in [0.15, 0.2) is 18.3 Å². The first-order valence-corrected chi connectivity index (χ1v) is 5.87. The number of pyridine rings is 1. The third-order valence-electron chi connectivity index (χ3n) is 2.57. The largest absolute Gasteiger partial charge is 0.477 e. The predicted molar refractivity (Wildman–Crippen MR) is 67.6 cm³/mol. The monoisotopic (exact) mass is 250 g/mol. The van der Waals surface area contributed by atoms with E-state index in [9.17, 15) is 9.59 Å². The quantitative estimate of drug-likeness (QED) is 0.838. The molecule has 18 heavy (non-hydrogen) atoms. The van der Waals surface area contributed by atoms with E-state index < -0.39 is 5.97 Å². The Balaban J connectivity index is 2.76. The van der Waals surface area contributed by atoms with Gasteiger partial charge in [-0.15, -0.1) is 0 Å². The Morgan fingerprint density at radius 3 is 2.50 bits per heavy atom. The second-order valence-corrected chi connectivity index (χ2v) is 4.83. The maximum absolute atomic E-state index is 11.9. The van der Waals surface area contributed by atoms with Gasteiger partial charge in [0, 0.05) is 11.7 Å². The highest BCUT2D eigenvalue weighted by molar-refractivity contribution is 5.95. The first kappa shape index (κ1) is 14.2. The van der Waals surface area contributed by atoms with E-state index in [4.69, 9.17) is 5.11 Å². The summed E-state index contributed by atoms with van der Waals surface area (Å²) >= 11 is 0. The number of hydrogen-bond donors (Lipinski definition) is 2. The van der Waals surface area contributed by atoms with Crippen molar-refractivity contribution in [2.24, 2.45) is 0 Å². The highest BCUT2D eigenvalue weighted by Gasteiger charge is 2.20. The van der Waals surface area contributed by atoms with Gasteiger partial charge in [-0.25, -0.2) is 9.78 Å². The highest BCUT2D eigenvalue weighted by atomic mass is 16.4. The first-order chi connectivity index (χ1) is 8.35. The zero-order valence-electron chi connectivity index (χ0n) is 10.9. The van der Waals surface area contributed by atoms with Gasteiger partial charge in [0.1, 0.15) is 5.69 Å². The lowest BCUT2D eigenvalue weighted by Crippen LogP contribution is -2.43. The fourth-order valence-electron chi connectivity index (χ4n) is 1.72. The minimum atomic E-state index is -1.10. The van der Waals surface area contributed by atoms with Crippen molar-refractivity contribution in [2.75, 3.05) is 0 Å². The lowest BCUT2D eigenvalue weighted by Gasteiger charge is -2.25. The molecule has 0 aliphatic rings. The summed E-state index contributed by atoms with van der Waals surface area (Å²) in [5.74, 6) is -1.34. The van der Waals surface area contributed by atoms with Crippen molar-refractivity contribution in [3.05, 3.63) is 29.6 Å². The molecule has 0 aromatic carbocycles. The summed E-state index contributed by atoms with van der Waals surface area (Å²) in [5.41, 5.74) is 0.0145. The van der Waals surface area contributed by atoms with Crippen LogP contribution in [0.5, 0.6) is 0 Å². The van der Waals surface area contributed by atoms with Crippen LogP contribution in [0.4, 0.5) is 0 Å². The van der Waals surface area contributed by atoms with Crippen molar-refractivity contribution in [1.82, 2.24) is 10.3 Å². The first-order valence-electron chi connectivity index (χ1n) is 5.87. The molecular weight excluding hydrogens is 232 g/mol. The molecule has 0 spiro atoms. The molecule has 98 valence electrons. The number of carbonyl (C=O) groups excluding carboxylic acids is 1. The molecule has 0 aliphatic heterocycles. The second-order valence-electron chi connectivity index (χ2n) is 4.83. The van der Waals surface area contributed by atoms with Gasteiger partial charge in [0.25, 0.3) is 5.91 Å². The van der Waals surface area contributed by atoms with E-state index in [1.54, 1.807) is 0 Å². The van der Waals surface area contributed by atoms with E-state index in [2.05, 4.69) is 17.2 Å². The minimum Gasteiger partial charge on any atom is -0.477 e. The van der Waals surface area contributed by atoms with Gasteiger partial charge < -0.3 is 10.4 Å². The molecular formula is C13H18N2O3. The van der Waals surface area contributed by atoms with E-state index in [0.717, 1.165) is 12.8 Å². The number of aromatic carboxylic acids is 1. The van der Waals surface area contributed by atoms with Crippen LogP contribution in [-0.2, 0) is 0 Å². The zero-order valence-corrected chi connectivity index (χ0v) is 10.9. The number of aromatic nitrogens is 1. The van der Waals surface area contributed by atoms with E-state index in [0.29, 0.717) is 5.56 Å². The molecule has 0 saturated carbocycles. The van der Waals surface area contributed by atoms with Crippen molar-refractivity contribution in [3.8, 4) is 0 Å². The number of carboxylic acids is 1. The Labute approximate surface area is 106 Å². The average molecular weight is 250 g/mol. The average Bonchev–Trinajstić information content (AvgIpc) is 2.28. The molecule has 1 rings (SSSR count). The minimum absolute atomic E-state index is 0.0700. The smallest absolute Gasteiger partial charge is 0.354 e. The van der Waals surface area contributed by atoms with Crippen molar-refractivity contribution in [3.63, 3.8) is 0 Å². The van der Waals surface area contributed by atoms with Gasteiger partial charge in [0.05, 0.1) is 5.56 Å². The zero-order chi connectivity index (χ0) is 13.8. The Morgan fingerprint density at radius 2 is 2.06 bits per heavy atom. The van der Waals surface area contributed by atoms with Crippen LogP contribution in [0.2, 0.25) is 0 Å². The van der Waals surface area contributed by atoms with Crippen LogP contribution in [0.25, 0.3) is 0 Å². The molecule has 0 unspecified atom stereocenters. The van der Waals surface area contributed by atoms with Crippen LogP contribution in [-0.4, -0.2) is 27.5 Å². The number of rotatable bonds is 5. The summed E-state index contributed by atoms with van der Waals surface area (Å²) in [5, 5.41) is 11.6. The molecule has 5 nitrogen and oxygen atoms in total. The van der Waals surface area contributed by atoms with Gasteiger partial charge in [-0.05, 0) is 32.4 Å². The van der Waals surface area contributed by atoms with E-state index in [1.807, 2.05) is 13.8 Å². The Bertz CT molecular complexity index is 438. The third kappa shape index (κ3) is 3.84. The molecule has 1 heterocycles. The number of carboxylic acid groups (broad SMARTS) is 1. The summed E-state index contributed by atoms with van der Waals surface area (Å²) in [6.45, 7) is 5.96. The number of nitrogens with one attached hydrogen (secondary N) is 1. The van der Waals surface area contributed by atoms with Gasteiger partial charge >= 0.3 is 5.97 Å². The van der Waals surface area contributed by atoms with Gasteiger partial charge in [0.15, 0.2) is 0 Å². The molecule has 0 fully saturated rings. The predicted octanol–water partition coefficient (Wildman–Crippen LogP) is 2.09. The lowest BCUT2D eigenvalue weighted by molar-refractivity contribution is 0.0689. The maximum atomic E-state index is 11.9. The van der Waals surface area contributed by atoms with E-state index >= 15 is 0 Å². The molecule has 0 saturated heterocycles. The van der Waals surface area contributed by atoms with Crippen LogP contribution in [0, 0.1) is 0 Å². The van der Waals surface area contributed by atoms with Gasteiger partial charge in [0.2, 0.25) is 0 Å². The lowest BCUT2D eigenvalue weighted by atomic mass is 9.98. The molecule has 1 amide bonds. The maximum Gasteiger partial charge on any atom is 0.354 e. The summed E-state index contributed by atoms with van der Waals surface area (Å²) in [6, 6.07) is 2.79. The molecule has 5 heteroatoms. The molecule has 0 bridgehead atoms. The third-order valence-corrected chi connectivity index (χ3v) is 2.57. The Kier molecular flexibility index (Phi) is 4.42. The van der Waals surface area contributed by atoms with Crippen LogP contribution < -0.4 is 5.32 Å². The van der Waals surface area contributed by atoms with Crippen molar-refractivity contribution in [2.45, 2.75) is 39.2 Å². The summed E-state index contributed by atoms with van der Waals surface area (Å²) in [6.07, 6.45) is 3.13. The van der Waals surface area contributed by atoms with Gasteiger partial charge in [-0.3, -0.25) is 4.79 Å². The fourth-order valence-corrected chi connectivity index (χ4v) is 1.72. The number of hydrogen-bond acceptors (Lipinski definition) is 3. The van der Waals surface area contributed by atoms with Crippen LogP contribution in [0.3, 0.4) is 0 Å². The SMILES string of the molecule is CCCC(C)(C)NC(=O)c1ccc(C(=O)O)nc1. The molecule has 2 N–H and O–H groups in total. The fraction of sp³-hybridized carbons (Fsp3) is 0.462. The van der Waals surface area contributed by atoms with Crippen molar-refractivity contribution < 1.29 is 14.7 Å². The van der Waals surface area contributed by atoms with Crippen molar-refractivity contribution >= 4 is 11.9 Å². The molecule has 0 radical (unpaired) electrons.